The average Bonchev–Trinajstić information content (AvgIpc) is 3.01. The Hall–Kier alpha value is -1.73. The summed E-state index contributed by atoms with van der Waals surface area (Å²) in [6.07, 6.45) is 0.752. The van der Waals surface area contributed by atoms with E-state index in [0.29, 0.717) is 13.1 Å². The molecule has 2 heterocycles. The fourth-order valence-corrected chi connectivity index (χ4v) is 4.88. The lowest BCUT2D eigenvalue weighted by Crippen LogP contribution is -2.43. The molecule has 0 aliphatic carbocycles. The predicted octanol–water partition coefficient (Wildman–Crippen LogP) is 2.63. The Morgan fingerprint density at radius 2 is 1.96 bits per heavy atom. The molecule has 23 heavy (non-hydrogen) atoms. The van der Waals surface area contributed by atoms with Crippen LogP contribution in [0.5, 0.6) is 0 Å². The molecule has 1 amide bonds. The van der Waals surface area contributed by atoms with Crippen molar-refractivity contribution < 1.29 is 17.6 Å². The van der Waals surface area contributed by atoms with Crippen molar-refractivity contribution in [2.24, 2.45) is 0 Å². The van der Waals surface area contributed by atoms with E-state index in [2.05, 4.69) is 0 Å². The number of carbonyl (C=O) groups is 1. The first-order chi connectivity index (χ1) is 10.9. The number of benzene rings is 1. The van der Waals surface area contributed by atoms with Crippen molar-refractivity contribution in [3.05, 3.63) is 52.0 Å². The van der Waals surface area contributed by atoms with Crippen LogP contribution in [-0.2, 0) is 27.6 Å². The second-order valence-corrected chi connectivity index (χ2v) is 8.79. The number of thiophene rings is 1. The maximum Gasteiger partial charge on any atom is 0.241 e. The maximum atomic E-state index is 13.0. The van der Waals surface area contributed by atoms with E-state index in [1.807, 2.05) is 11.4 Å². The van der Waals surface area contributed by atoms with Crippen molar-refractivity contribution in [1.29, 1.82) is 0 Å². The lowest BCUT2D eigenvalue weighted by Gasteiger charge is -2.29. The molecule has 4 nitrogen and oxygen atoms in total. The van der Waals surface area contributed by atoms with Crippen LogP contribution in [0.3, 0.4) is 0 Å². The van der Waals surface area contributed by atoms with Gasteiger partial charge in [0.15, 0.2) is 9.84 Å². The molecule has 2 aromatic rings. The van der Waals surface area contributed by atoms with Crippen molar-refractivity contribution >= 4 is 27.1 Å². The number of carbonyl (C=O) groups excluding carboxylic acids is 1. The standard InChI is InChI=1S/C16H16FNO3S2/c1-11(23(20,21)14-4-2-13(17)3-5-14)16(19)18-8-6-15-12(10-18)7-9-22-15/h2-5,7,9,11H,6,8,10H2,1H3. The van der Waals surface area contributed by atoms with Gasteiger partial charge in [0.05, 0.1) is 4.90 Å². The molecular formula is C16H16FNO3S2. The third-order valence-corrected chi connectivity index (χ3v) is 7.16. The van der Waals surface area contributed by atoms with Gasteiger partial charge >= 0.3 is 0 Å². The molecule has 1 atom stereocenters. The lowest BCUT2D eigenvalue weighted by molar-refractivity contribution is -0.131. The van der Waals surface area contributed by atoms with Gasteiger partial charge in [-0.2, -0.15) is 0 Å². The molecule has 0 spiro atoms. The summed E-state index contributed by atoms with van der Waals surface area (Å²) >= 11 is 1.66. The van der Waals surface area contributed by atoms with E-state index in [4.69, 9.17) is 0 Å². The van der Waals surface area contributed by atoms with Gasteiger partial charge < -0.3 is 4.90 Å². The van der Waals surface area contributed by atoms with E-state index in [1.54, 1.807) is 16.2 Å². The Morgan fingerprint density at radius 1 is 1.26 bits per heavy atom. The van der Waals surface area contributed by atoms with E-state index in [9.17, 15) is 17.6 Å². The molecule has 1 aliphatic rings. The van der Waals surface area contributed by atoms with Gasteiger partial charge in [0.1, 0.15) is 11.1 Å². The van der Waals surface area contributed by atoms with Crippen LogP contribution in [-0.4, -0.2) is 31.0 Å². The van der Waals surface area contributed by atoms with E-state index in [0.717, 1.165) is 24.1 Å². The molecule has 1 unspecified atom stereocenters. The smallest absolute Gasteiger partial charge is 0.241 e. The van der Waals surface area contributed by atoms with Gasteiger partial charge in [-0.15, -0.1) is 11.3 Å². The molecule has 0 saturated heterocycles. The summed E-state index contributed by atoms with van der Waals surface area (Å²) in [5.74, 6) is -0.921. The monoisotopic (exact) mass is 353 g/mol. The van der Waals surface area contributed by atoms with Crippen LogP contribution >= 0.6 is 11.3 Å². The van der Waals surface area contributed by atoms with Crippen LogP contribution in [0.25, 0.3) is 0 Å². The number of rotatable bonds is 3. The number of sulfone groups is 1. The van der Waals surface area contributed by atoms with Crippen LogP contribution in [0.15, 0.2) is 40.6 Å². The van der Waals surface area contributed by atoms with Crippen LogP contribution in [0, 0.1) is 5.82 Å². The zero-order chi connectivity index (χ0) is 16.6. The first-order valence-corrected chi connectivity index (χ1v) is 9.65. The minimum absolute atomic E-state index is 0.0343. The van der Waals surface area contributed by atoms with Crippen molar-refractivity contribution in [3.63, 3.8) is 0 Å². The van der Waals surface area contributed by atoms with Crippen LogP contribution in [0.4, 0.5) is 4.39 Å². The van der Waals surface area contributed by atoms with Crippen LogP contribution in [0.1, 0.15) is 17.4 Å². The minimum atomic E-state index is -3.82. The largest absolute Gasteiger partial charge is 0.337 e. The second-order valence-electron chi connectivity index (χ2n) is 5.52. The third kappa shape index (κ3) is 3.03. The first-order valence-electron chi connectivity index (χ1n) is 7.23. The summed E-state index contributed by atoms with van der Waals surface area (Å²) in [6, 6.07) is 6.53. The predicted molar refractivity (Wildman–Crippen MR) is 86.5 cm³/mol. The third-order valence-electron chi connectivity index (χ3n) is 4.07. The molecule has 122 valence electrons. The topological polar surface area (TPSA) is 54.5 Å². The highest BCUT2D eigenvalue weighted by atomic mass is 32.2. The number of nitrogens with zero attached hydrogens (tertiary/aromatic N) is 1. The van der Waals surface area contributed by atoms with Crippen molar-refractivity contribution in [3.8, 4) is 0 Å². The summed E-state index contributed by atoms with van der Waals surface area (Å²) in [7, 11) is -3.82. The van der Waals surface area contributed by atoms with Gasteiger partial charge in [0.2, 0.25) is 5.91 Å². The lowest BCUT2D eigenvalue weighted by atomic mass is 10.1. The Kier molecular flexibility index (Phi) is 4.25. The zero-order valence-corrected chi connectivity index (χ0v) is 14.2. The summed E-state index contributed by atoms with van der Waals surface area (Å²) in [5.41, 5.74) is 1.08. The van der Waals surface area contributed by atoms with Gasteiger partial charge in [-0.05, 0) is 54.6 Å². The minimum Gasteiger partial charge on any atom is -0.337 e. The van der Waals surface area contributed by atoms with Gasteiger partial charge in [-0.25, -0.2) is 12.8 Å². The highest BCUT2D eigenvalue weighted by molar-refractivity contribution is 7.92. The molecule has 0 saturated carbocycles. The number of hydrogen-bond acceptors (Lipinski definition) is 4. The molecule has 7 heteroatoms. The maximum absolute atomic E-state index is 13.0. The van der Waals surface area contributed by atoms with Crippen LogP contribution in [0.2, 0.25) is 0 Å². The van der Waals surface area contributed by atoms with E-state index < -0.39 is 26.8 Å². The van der Waals surface area contributed by atoms with Gasteiger partial charge in [-0.3, -0.25) is 4.79 Å². The molecular weight excluding hydrogens is 337 g/mol. The molecule has 1 aromatic heterocycles. The summed E-state index contributed by atoms with van der Waals surface area (Å²) in [4.78, 5) is 15.4. The summed E-state index contributed by atoms with van der Waals surface area (Å²) in [6.45, 7) is 2.36. The number of halogens is 1. The molecule has 0 fully saturated rings. The van der Waals surface area contributed by atoms with Gasteiger partial charge in [0.25, 0.3) is 0 Å². The van der Waals surface area contributed by atoms with Crippen molar-refractivity contribution in [2.45, 2.75) is 30.0 Å². The summed E-state index contributed by atoms with van der Waals surface area (Å²) in [5, 5.41) is 0.797. The highest BCUT2D eigenvalue weighted by Crippen LogP contribution is 2.26. The fraction of sp³-hybridized carbons (Fsp3) is 0.312. The fourth-order valence-electron chi connectivity index (χ4n) is 2.65. The molecule has 0 bridgehead atoms. The normalized spacial score (nSPS) is 16.0. The number of fused-ring (bicyclic) bond motifs is 1. The molecule has 1 aromatic carbocycles. The van der Waals surface area contributed by atoms with Gasteiger partial charge in [-0.1, -0.05) is 0 Å². The summed E-state index contributed by atoms with van der Waals surface area (Å²) < 4.78 is 38.1. The van der Waals surface area contributed by atoms with E-state index in [1.165, 1.54) is 23.9 Å². The van der Waals surface area contributed by atoms with Crippen molar-refractivity contribution in [2.75, 3.05) is 6.54 Å². The Labute approximate surface area is 138 Å². The molecule has 0 radical (unpaired) electrons. The second kappa shape index (κ2) is 6.05. The Bertz CT molecular complexity index is 827. The van der Waals surface area contributed by atoms with Gasteiger partial charge in [0, 0.05) is 18.0 Å². The number of hydrogen-bond donors (Lipinski definition) is 0. The first kappa shape index (κ1) is 16.1. The average molecular weight is 353 g/mol. The van der Waals surface area contributed by atoms with E-state index >= 15 is 0 Å². The SMILES string of the molecule is CC(C(=O)N1CCc2sccc2C1)S(=O)(=O)c1ccc(F)cc1. The zero-order valence-electron chi connectivity index (χ0n) is 12.5. The number of amides is 1. The van der Waals surface area contributed by atoms with E-state index in [-0.39, 0.29) is 4.90 Å². The molecule has 1 aliphatic heterocycles. The molecule has 0 N–H and O–H groups in total. The Balaban J connectivity index is 1.81. The van der Waals surface area contributed by atoms with Crippen molar-refractivity contribution in [1.82, 2.24) is 4.90 Å². The van der Waals surface area contributed by atoms with Crippen LogP contribution < -0.4 is 0 Å². The quantitative estimate of drug-likeness (QED) is 0.797. The molecule has 3 rings (SSSR count). The highest BCUT2D eigenvalue weighted by Gasteiger charge is 2.34. The Morgan fingerprint density at radius 3 is 2.65 bits per heavy atom.